The van der Waals surface area contributed by atoms with E-state index in [9.17, 15) is 10.1 Å². The van der Waals surface area contributed by atoms with Gasteiger partial charge >= 0.3 is 0 Å². The van der Waals surface area contributed by atoms with Crippen LogP contribution in [-0.4, -0.2) is 47.9 Å². The Morgan fingerprint density at radius 2 is 2.00 bits per heavy atom. The van der Waals surface area contributed by atoms with E-state index in [2.05, 4.69) is 24.8 Å². The molecule has 1 saturated heterocycles. The highest BCUT2D eigenvalue weighted by Crippen LogP contribution is 2.39. The van der Waals surface area contributed by atoms with Crippen LogP contribution >= 0.6 is 0 Å². The first kappa shape index (κ1) is 14.3. The molecule has 1 unspecified atom stereocenters. The van der Waals surface area contributed by atoms with Crippen LogP contribution in [0.25, 0.3) is 0 Å². The number of hydrogen-bond acceptors (Lipinski definition) is 3. The van der Waals surface area contributed by atoms with Gasteiger partial charge in [0.2, 0.25) is 5.91 Å². The van der Waals surface area contributed by atoms with Crippen molar-refractivity contribution in [2.45, 2.75) is 52.0 Å². The van der Waals surface area contributed by atoms with E-state index in [-0.39, 0.29) is 5.91 Å². The Balaban J connectivity index is 2.01. The van der Waals surface area contributed by atoms with Gasteiger partial charge < -0.3 is 4.90 Å². The zero-order chi connectivity index (χ0) is 13.9. The van der Waals surface area contributed by atoms with Crippen LogP contribution in [0.5, 0.6) is 0 Å². The van der Waals surface area contributed by atoms with E-state index >= 15 is 0 Å². The molecule has 2 fully saturated rings. The van der Waals surface area contributed by atoms with Crippen molar-refractivity contribution in [1.82, 2.24) is 9.80 Å². The second-order valence-corrected chi connectivity index (χ2v) is 5.82. The van der Waals surface area contributed by atoms with Gasteiger partial charge in [0.05, 0.1) is 6.07 Å². The van der Waals surface area contributed by atoms with E-state index in [1.165, 1.54) is 0 Å². The van der Waals surface area contributed by atoms with Gasteiger partial charge in [0.15, 0.2) is 0 Å². The van der Waals surface area contributed by atoms with Gasteiger partial charge in [0, 0.05) is 19.1 Å². The van der Waals surface area contributed by atoms with Crippen LogP contribution in [0.15, 0.2) is 0 Å². The number of likely N-dealkylation sites (tertiary alicyclic amines) is 1. The molecule has 0 bridgehead atoms. The Labute approximate surface area is 116 Å². The van der Waals surface area contributed by atoms with E-state index in [0.717, 1.165) is 58.3 Å². The summed E-state index contributed by atoms with van der Waals surface area (Å²) in [5.74, 6) is 0.0992. The molecule has 1 amide bonds. The lowest BCUT2D eigenvalue weighted by atomic mass is 9.86. The molecule has 0 aromatic rings. The van der Waals surface area contributed by atoms with Crippen LogP contribution in [0.3, 0.4) is 0 Å². The standard InChI is InChI=1S/C15H25N3O/c1-3-17(4-2)13-7-10-18(11-13)14(19)15(12-16)8-5-6-9-15/h13H,3-11H2,1-2H3. The van der Waals surface area contributed by atoms with Crippen molar-refractivity contribution in [3.8, 4) is 6.07 Å². The summed E-state index contributed by atoms with van der Waals surface area (Å²) >= 11 is 0. The van der Waals surface area contributed by atoms with Crippen molar-refractivity contribution in [3.05, 3.63) is 0 Å². The molecule has 1 saturated carbocycles. The molecule has 2 rings (SSSR count). The molecule has 0 N–H and O–H groups in total. The Kier molecular flexibility index (Phi) is 4.46. The van der Waals surface area contributed by atoms with Gasteiger partial charge in [-0.25, -0.2) is 0 Å². The fraction of sp³-hybridized carbons (Fsp3) is 0.867. The van der Waals surface area contributed by atoms with Gasteiger partial charge in [-0.15, -0.1) is 0 Å². The molecule has 2 aliphatic rings. The number of rotatable bonds is 4. The molecule has 1 heterocycles. The molecule has 4 nitrogen and oxygen atoms in total. The van der Waals surface area contributed by atoms with E-state index in [4.69, 9.17) is 0 Å². The third kappa shape index (κ3) is 2.62. The monoisotopic (exact) mass is 263 g/mol. The summed E-state index contributed by atoms with van der Waals surface area (Å²) < 4.78 is 0. The number of carbonyl (C=O) groups excluding carboxylic acids is 1. The van der Waals surface area contributed by atoms with Crippen LogP contribution in [0.4, 0.5) is 0 Å². The largest absolute Gasteiger partial charge is 0.340 e. The Morgan fingerprint density at radius 1 is 1.37 bits per heavy atom. The molecular formula is C15H25N3O. The Bertz CT molecular complexity index is 364. The lowest BCUT2D eigenvalue weighted by Crippen LogP contribution is -2.43. The molecule has 4 heteroatoms. The van der Waals surface area contributed by atoms with Crippen molar-refractivity contribution in [2.75, 3.05) is 26.2 Å². The Hall–Kier alpha value is -1.08. The van der Waals surface area contributed by atoms with E-state index in [1.54, 1.807) is 0 Å². The van der Waals surface area contributed by atoms with Crippen LogP contribution < -0.4 is 0 Å². The average Bonchev–Trinajstić information content (AvgIpc) is 3.09. The lowest BCUT2D eigenvalue weighted by Gasteiger charge is -2.29. The number of nitriles is 1. The average molecular weight is 263 g/mol. The minimum atomic E-state index is -0.696. The smallest absolute Gasteiger partial charge is 0.243 e. The molecule has 0 aromatic carbocycles. The summed E-state index contributed by atoms with van der Waals surface area (Å²) in [6, 6.07) is 2.80. The summed E-state index contributed by atoms with van der Waals surface area (Å²) in [6.07, 6.45) is 4.61. The van der Waals surface area contributed by atoms with Gasteiger partial charge in [0.1, 0.15) is 5.41 Å². The number of nitrogens with zero attached hydrogens (tertiary/aromatic N) is 3. The zero-order valence-electron chi connectivity index (χ0n) is 12.2. The summed E-state index contributed by atoms with van der Waals surface area (Å²) in [7, 11) is 0. The number of carbonyl (C=O) groups is 1. The van der Waals surface area contributed by atoms with Crippen molar-refractivity contribution >= 4 is 5.91 Å². The first-order valence-electron chi connectivity index (χ1n) is 7.61. The maximum Gasteiger partial charge on any atom is 0.243 e. The van der Waals surface area contributed by atoms with E-state index in [1.807, 2.05) is 4.90 Å². The molecule has 1 atom stereocenters. The molecular weight excluding hydrogens is 238 g/mol. The van der Waals surface area contributed by atoms with Gasteiger partial charge in [-0.3, -0.25) is 9.69 Å². The quantitative estimate of drug-likeness (QED) is 0.779. The normalized spacial score (nSPS) is 25.8. The van der Waals surface area contributed by atoms with Gasteiger partial charge in [-0.2, -0.15) is 5.26 Å². The predicted molar refractivity (Wildman–Crippen MR) is 74.4 cm³/mol. The minimum Gasteiger partial charge on any atom is -0.340 e. The summed E-state index contributed by atoms with van der Waals surface area (Å²) in [6.45, 7) is 8.04. The van der Waals surface area contributed by atoms with Crippen LogP contribution in [-0.2, 0) is 4.79 Å². The first-order valence-corrected chi connectivity index (χ1v) is 7.61. The SMILES string of the molecule is CCN(CC)C1CCN(C(=O)C2(C#N)CCCC2)C1. The van der Waals surface area contributed by atoms with Gasteiger partial charge in [-0.1, -0.05) is 26.7 Å². The molecule has 19 heavy (non-hydrogen) atoms. The van der Waals surface area contributed by atoms with Crippen LogP contribution in [0.1, 0.15) is 46.0 Å². The lowest BCUT2D eigenvalue weighted by molar-refractivity contribution is -0.137. The third-order valence-electron chi connectivity index (χ3n) is 4.86. The maximum absolute atomic E-state index is 12.6. The molecule has 0 aromatic heterocycles. The highest BCUT2D eigenvalue weighted by Gasteiger charge is 2.45. The third-order valence-corrected chi connectivity index (χ3v) is 4.86. The summed E-state index contributed by atoms with van der Waals surface area (Å²) in [5, 5.41) is 9.41. The number of likely N-dealkylation sites (N-methyl/N-ethyl adjacent to an activating group) is 1. The number of amides is 1. The van der Waals surface area contributed by atoms with Crippen molar-refractivity contribution in [1.29, 1.82) is 5.26 Å². The molecule has 106 valence electrons. The first-order chi connectivity index (χ1) is 9.16. The second-order valence-electron chi connectivity index (χ2n) is 5.82. The fourth-order valence-electron chi connectivity index (χ4n) is 3.62. The number of hydrogen-bond donors (Lipinski definition) is 0. The highest BCUT2D eigenvalue weighted by atomic mass is 16.2. The molecule has 1 aliphatic carbocycles. The predicted octanol–water partition coefficient (Wildman–Crippen LogP) is 2.01. The van der Waals surface area contributed by atoms with Gasteiger partial charge in [-0.05, 0) is 32.4 Å². The molecule has 0 radical (unpaired) electrons. The molecule has 0 spiro atoms. The van der Waals surface area contributed by atoms with Crippen molar-refractivity contribution in [3.63, 3.8) is 0 Å². The fourth-order valence-corrected chi connectivity index (χ4v) is 3.62. The van der Waals surface area contributed by atoms with E-state index in [0.29, 0.717) is 6.04 Å². The zero-order valence-corrected chi connectivity index (χ0v) is 12.2. The van der Waals surface area contributed by atoms with Gasteiger partial charge in [0.25, 0.3) is 0 Å². The van der Waals surface area contributed by atoms with Crippen molar-refractivity contribution < 1.29 is 4.79 Å². The Morgan fingerprint density at radius 3 is 2.53 bits per heavy atom. The summed E-state index contributed by atoms with van der Waals surface area (Å²) in [4.78, 5) is 17.0. The summed E-state index contributed by atoms with van der Waals surface area (Å²) in [5.41, 5.74) is -0.696. The minimum absolute atomic E-state index is 0.0992. The van der Waals surface area contributed by atoms with Crippen LogP contribution in [0.2, 0.25) is 0 Å². The second kappa shape index (κ2) is 5.92. The van der Waals surface area contributed by atoms with E-state index < -0.39 is 5.41 Å². The van der Waals surface area contributed by atoms with Crippen LogP contribution in [0, 0.1) is 16.7 Å². The molecule has 1 aliphatic heterocycles. The van der Waals surface area contributed by atoms with Crippen molar-refractivity contribution in [2.24, 2.45) is 5.41 Å². The highest BCUT2D eigenvalue weighted by molar-refractivity contribution is 5.86. The topological polar surface area (TPSA) is 47.3 Å². The maximum atomic E-state index is 12.6.